The van der Waals surface area contributed by atoms with Crippen molar-refractivity contribution in [3.63, 3.8) is 0 Å². The van der Waals surface area contributed by atoms with Gasteiger partial charge in [0.15, 0.2) is 0 Å². The molecular formula is C14H19N3OS. The second kappa shape index (κ2) is 7.21. The molecule has 5 heteroatoms. The largest absolute Gasteiger partial charge is 0.311 e. The van der Waals surface area contributed by atoms with Gasteiger partial charge in [-0.2, -0.15) is 5.10 Å². The predicted octanol–water partition coefficient (Wildman–Crippen LogP) is 1.67. The lowest BCUT2D eigenvalue weighted by Crippen LogP contribution is -2.33. The summed E-state index contributed by atoms with van der Waals surface area (Å²) < 4.78 is 13.9. The van der Waals surface area contributed by atoms with E-state index in [4.69, 9.17) is 0 Å². The Bertz CT molecular complexity index is 499. The number of nitrogens with zero attached hydrogens (tertiary/aromatic N) is 2. The van der Waals surface area contributed by atoms with Crippen LogP contribution in [0.25, 0.3) is 0 Å². The maximum atomic E-state index is 12.0. The van der Waals surface area contributed by atoms with Crippen LogP contribution in [0.4, 0.5) is 0 Å². The van der Waals surface area contributed by atoms with E-state index in [1.165, 1.54) is 0 Å². The van der Waals surface area contributed by atoms with Crippen LogP contribution >= 0.6 is 0 Å². The number of hydrogen-bond acceptors (Lipinski definition) is 3. The van der Waals surface area contributed by atoms with Gasteiger partial charge in [0.05, 0.1) is 17.3 Å². The zero-order valence-electron chi connectivity index (χ0n) is 11.0. The fraction of sp³-hybridized carbons (Fsp3) is 0.357. The molecule has 2 atom stereocenters. The Morgan fingerprint density at radius 3 is 2.79 bits per heavy atom. The van der Waals surface area contributed by atoms with E-state index in [1.54, 1.807) is 6.20 Å². The smallest absolute Gasteiger partial charge is 0.0559 e. The average Bonchev–Trinajstić information content (AvgIpc) is 2.92. The monoisotopic (exact) mass is 277 g/mol. The minimum absolute atomic E-state index is 0.313. The SMILES string of the molecule is C[C@H](Cn1cccn1)NCC[S@](=O)c1ccccc1. The first kappa shape index (κ1) is 14.0. The van der Waals surface area contributed by atoms with Crippen LogP contribution in [-0.4, -0.2) is 32.3 Å². The van der Waals surface area contributed by atoms with Crippen LogP contribution < -0.4 is 5.32 Å². The van der Waals surface area contributed by atoms with E-state index in [2.05, 4.69) is 17.3 Å². The van der Waals surface area contributed by atoms with Crippen molar-refractivity contribution in [3.8, 4) is 0 Å². The molecule has 0 unspecified atom stereocenters. The minimum Gasteiger partial charge on any atom is -0.311 e. The lowest BCUT2D eigenvalue weighted by Gasteiger charge is -2.13. The maximum absolute atomic E-state index is 12.0. The third-order valence-electron chi connectivity index (χ3n) is 2.81. The molecule has 0 aliphatic rings. The Balaban J connectivity index is 1.70. The van der Waals surface area contributed by atoms with Crippen LogP contribution in [-0.2, 0) is 17.3 Å². The number of hydrogen-bond donors (Lipinski definition) is 1. The highest BCUT2D eigenvalue weighted by molar-refractivity contribution is 7.85. The second-order valence-electron chi connectivity index (χ2n) is 4.45. The Hall–Kier alpha value is -1.46. The van der Waals surface area contributed by atoms with Crippen molar-refractivity contribution in [2.24, 2.45) is 0 Å². The van der Waals surface area contributed by atoms with Crippen molar-refractivity contribution in [1.29, 1.82) is 0 Å². The second-order valence-corrected chi connectivity index (χ2v) is 6.02. The Morgan fingerprint density at radius 1 is 1.32 bits per heavy atom. The van der Waals surface area contributed by atoms with E-state index in [0.717, 1.165) is 18.0 Å². The van der Waals surface area contributed by atoms with E-state index in [9.17, 15) is 4.21 Å². The third kappa shape index (κ3) is 4.61. The molecule has 0 amide bonds. The molecule has 1 aromatic heterocycles. The number of nitrogens with one attached hydrogen (secondary N) is 1. The van der Waals surface area contributed by atoms with Gasteiger partial charge in [-0.3, -0.25) is 8.89 Å². The van der Waals surface area contributed by atoms with Crippen molar-refractivity contribution in [3.05, 3.63) is 48.8 Å². The third-order valence-corrected chi connectivity index (χ3v) is 4.18. The van der Waals surface area contributed by atoms with E-state index in [1.807, 2.05) is 47.3 Å². The molecule has 0 radical (unpaired) electrons. The van der Waals surface area contributed by atoms with E-state index in [0.29, 0.717) is 11.8 Å². The van der Waals surface area contributed by atoms with Gasteiger partial charge in [-0.05, 0) is 25.1 Å². The Labute approximate surface area is 116 Å². The van der Waals surface area contributed by atoms with E-state index in [-0.39, 0.29) is 0 Å². The van der Waals surface area contributed by atoms with Crippen LogP contribution in [0.15, 0.2) is 53.7 Å². The quantitative estimate of drug-likeness (QED) is 0.837. The molecule has 0 aliphatic carbocycles. The van der Waals surface area contributed by atoms with Crippen molar-refractivity contribution >= 4 is 10.8 Å². The molecule has 0 saturated heterocycles. The molecule has 19 heavy (non-hydrogen) atoms. The van der Waals surface area contributed by atoms with Gasteiger partial charge < -0.3 is 5.32 Å². The van der Waals surface area contributed by atoms with Crippen LogP contribution in [0.5, 0.6) is 0 Å². The molecule has 2 rings (SSSR count). The molecule has 0 fully saturated rings. The molecule has 0 spiro atoms. The molecule has 1 aromatic carbocycles. The molecule has 1 heterocycles. The Kier molecular flexibility index (Phi) is 5.30. The summed E-state index contributed by atoms with van der Waals surface area (Å²) in [5.41, 5.74) is 0. The number of aromatic nitrogens is 2. The summed E-state index contributed by atoms with van der Waals surface area (Å²) in [4.78, 5) is 0.893. The van der Waals surface area contributed by atoms with Crippen molar-refractivity contribution in [1.82, 2.24) is 15.1 Å². The van der Waals surface area contributed by atoms with E-state index >= 15 is 0 Å². The van der Waals surface area contributed by atoms with Gasteiger partial charge in [-0.15, -0.1) is 0 Å². The summed E-state index contributed by atoms with van der Waals surface area (Å²) in [7, 11) is -0.923. The summed E-state index contributed by atoms with van der Waals surface area (Å²) in [6.45, 7) is 3.67. The first-order valence-corrected chi connectivity index (χ1v) is 7.72. The van der Waals surface area contributed by atoms with E-state index < -0.39 is 10.8 Å². The van der Waals surface area contributed by atoms with Gasteiger partial charge in [0.25, 0.3) is 0 Å². The first-order chi connectivity index (χ1) is 9.25. The molecule has 2 aromatic rings. The molecule has 0 aliphatic heterocycles. The summed E-state index contributed by atoms with van der Waals surface area (Å²) >= 11 is 0. The van der Waals surface area contributed by atoms with Gasteiger partial charge in [-0.25, -0.2) is 0 Å². The molecule has 1 N–H and O–H groups in total. The van der Waals surface area contributed by atoms with Crippen LogP contribution in [0.2, 0.25) is 0 Å². The minimum atomic E-state index is -0.923. The zero-order valence-corrected chi connectivity index (χ0v) is 11.8. The van der Waals surface area contributed by atoms with Crippen molar-refractivity contribution in [2.75, 3.05) is 12.3 Å². The molecule has 4 nitrogen and oxygen atoms in total. The maximum Gasteiger partial charge on any atom is 0.0559 e. The van der Waals surface area contributed by atoms with Crippen LogP contribution in [0.3, 0.4) is 0 Å². The molecule has 0 saturated carbocycles. The Morgan fingerprint density at radius 2 is 2.11 bits per heavy atom. The standard InChI is InChI=1S/C14H19N3OS/c1-13(12-17-10-5-8-16-17)15-9-11-19(18)14-6-3-2-4-7-14/h2-8,10,13,15H,9,11-12H2,1H3/t13-,19+/m1/s1. The average molecular weight is 277 g/mol. The van der Waals surface area contributed by atoms with Crippen molar-refractivity contribution in [2.45, 2.75) is 24.4 Å². The number of benzene rings is 1. The van der Waals surface area contributed by atoms with Crippen LogP contribution in [0.1, 0.15) is 6.92 Å². The van der Waals surface area contributed by atoms with Gasteiger partial charge in [-0.1, -0.05) is 18.2 Å². The highest BCUT2D eigenvalue weighted by Crippen LogP contribution is 2.04. The summed E-state index contributed by atoms with van der Waals surface area (Å²) in [5.74, 6) is 0.632. The van der Waals surface area contributed by atoms with Gasteiger partial charge in [0.1, 0.15) is 0 Å². The van der Waals surface area contributed by atoms with Crippen molar-refractivity contribution < 1.29 is 4.21 Å². The van der Waals surface area contributed by atoms with Gasteiger partial charge in [0.2, 0.25) is 0 Å². The van der Waals surface area contributed by atoms with Crippen LogP contribution in [0, 0.1) is 0 Å². The first-order valence-electron chi connectivity index (χ1n) is 6.40. The lowest BCUT2D eigenvalue weighted by atomic mass is 10.3. The van der Waals surface area contributed by atoms with Gasteiger partial charge >= 0.3 is 0 Å². The normalized spacial score (nSPS) is 14.2. The van der Waals surface area contributed by atoms with Gasteiger partial charge in [0, 0.05) is 35.6 Å². The number of rotatable bonds is 7. The summed E-state index contributed by atoms with van der Waals surface area (Å²) in [6, 6.07) is 11.8. The molecular weight excluding hydrogens is 258 g/mol. The fourth-order valence-corrected chi connectivity index (χ4v) is 2.84. The molecule has 102 valence electrons. The summed E-state index contributed by atoms with van der Waals surface area (Å²) in [5, 5.41) is 7.53. The lowest BCUT2D eigenvalue weighted by molar-refractivity contribution is 0.462. The summed E-state index contributed by atoms with van der Waals surface area (Å²) in [6.07, 6.45) is 3.72. The highest BCUT2D eigenvalue weighted by Gasteiger charge is 2.05. The zero-order chi connectivity index (χ0) is 13.5. The highest BCUT2D eigenvalue weighted by atomic mass is 32.2. The molecule has 0 bridgehead atoms. The topological polar surface area (TPSA) is 46.9 Å². The fourth-order valence-electron chi connectivity index (χ4n) is 1.84. The predicted molar refractivity (Wildman–Crippen MR) is 77.4 cm³/mol.